The van der Waals surface area contributed by atoms with Crippen LogP contribution in [0.15, 0.2) is 70.2 Å². The average Bonchev–Trinajstić information content (AvgIpc) is 3.08. The van der Waals surface area contributed by atoms with Crippen molar-refractivity contribution in [1.29, 1.82) is 0 Å². The monoisotopic (exact) mass is 402 g/mol. The van der Waals surface area contributed by atoms with E-state index in [-0.39, 0.29) is 6.04 Å². The summed E-state index contributed by atoms with van der Waals surface area (Å²) in [6.07, 6.45) is 2.62. The number of allylic oxidation sites excluding steroid dienone is 3. The van der Waals surface area contributed by atoms with Crippen molar-refractivity contribution in [2.24, 2.45) is 10.9 Å². The second-order valence-electron chi connectivity index (χ2n) is 6.66. The number of likely N-dealkylation sites (tertiary alicyclic amines) is 1. The van der Waals surface area contributed by atoms with Crippen molar-refractivity contribution in [2.75, 3.05) is 13.1 Å². The zero-order valence-electron chi connectivity index (χ0n) is 14.6. The van der Waals surface area contributed by atoms with Gasteiger partial charge in [-0.25, -0.2) is 0 Å². The fourth-order valence-electron chi connectivity index (χ4n) is 3.61. The van der Waals surface area contributed by atoms with E-state index in [1.165, 1.54) is 0 Å². The summed E-state index contributed by atoms with van der Waals surface area (Å²) in [6.45, 7) is 1.48. The Morgan fingerprint density at radius 1 is 1.22 bits per heavy atom. The third-order valence-electron chi connectivity index (χ3n) is 4.89. The Kier molecular flexibility index (Phi) is 5.14. The van der Waals surface area contributed by atoms with Crippen molar-refractivity contribution in [3.63, 3.8) is 0 Å². The molecule has 2 heterocycles. The average molecular weight is 403 g/mol. The topological polar surface area (TPSA) is 67.3 Å². The van der Waals surface area contributed by atoms with E-state index in [2.05, 4.69) is 10.2 Å². The van der Waals surface area contributed by atoms with Gasteiger partial charge in [0.15, 0.2) is 0 Å². The van der Waals surface area contributed by atoms with Crippen LogP contribution < -0.4 is 16.2 Å². The zero-order valence-corrected chi connectivity index (χ0v) is 16.2. The molecule has 0 amide bonds. The number of fused-ring (bicyclic) bond motifs is 1. The second kappa shape index (κ2) is 7.56. The van der Waals surface area contributed by atoms with E-state index >= 15 is 4.39 Å². The van der Waals surface area contributed by atoms with E-state index in [0.717, 1.165) is 46.3 Å². The lowest BCUT2D eigenvalue weighted by atomic mass is 9.97. The highest BCUT2D eigenvalue weighted by Gasteiger charge is 2.27. The molecule has 4 rings (SSSR count). The molecule has 1 fully saturated rings. The number of hydrogen-bond acceptors (Lipinski definition) is 5. The normalized spacial score (nSPS) is 22.1. The van der Waals surface area contributed by atoms with Gasteiger partial charge >= 0.3 is 0 Å². The summed E-state index contributed by atoms with van der Waals surface area (Å²) in [6, 6.07) is 13.7. The number of benzene rings is 2. The fraction of sp³-hybridized carbons (Fsp3) is 0.200. The first-order valence-corrected chi connectivity index (χ1v) is 9.98. The van der Waals surface area contributed by atoms with Gasteiger partial charge in [-0.15, -0.1) is 0 Å². The van der Waals surface area contributed by atoms with E-state index in [1.807, 2.05) is 42.5 Å². The molecule has 0 aromatic heterocycles. The van der Waals surface area contributed by atoms with Gasteiger partial charge in [0.2, 0.25) is 5.95 Å². The highest BCUT2D eigenvalue weighted by molar-refractivity contribution is 8.00. The summed E-state index contributed by atoms with van der Waals surface area (Å²) < 4.78 is 15.1. The highest BCUT2D eigenvalue weighted by Crippen LogP contribution is 2.38. The first-order valence-electron chi connectivity index (χ1n) is 8.72. The maximum Gasteiger partial charge on any atom is 0.200 e. The number of dihydropyridines is 1. The quantitative estimate of drug-likeness (QED) is 0.534. The van der Waals surface area contributed by atoms with Gasteiger partial charge in [-0.1, -0.05) is 54.1 Å². The van der Waals surface area contributed by atoms with E-state index in [4.69, 9.17) is 22.5 Å². The molecule has 2 aromatic rings. The molecular formula is C20H20ClFN4S. The summed E-state index contributed by atoms with van der Waals surface area (Å²) in [7, 11) is 0. The number of hydrogen-bond donors (Lipinski definition) is 3. The molecule has 0 aliphatic carbocycles. The summed E-state index contributed by atoms with van der Waals surface area (Å²) in [4.78, 5) is 2.06. The van der Waals surface area contributed by atoms with Gasteiger partial charge in [-0.2, -0.15) is 4.39 Å². The SMILES string of the molecule is NS/C(=C1/C=C(Cl)C(c2cccc3ccccc23)=C(F)N1)N1CC[C@@H](N)C1. The van der Waals surface area contributed by atoms with Gasteiger partial charge in [0, 0.05) is 19.1 Å². The molecule has 2 aliphatic rings. The van der Waals surface area contributed by atoms with Crippen LogP contribution in [0, 0.1) is 0 Å². The molecular weight excluding hydrogens is 383 g/mol. The van der Waals surface area contributed by atoms with Gasteiger partial charge in [-0.05, 0) is 40.8 Å². The standard InChI is InChI=1S/C20H20ClFN4S/c21-16-10-17(20(27-24)26-9-8-13(23)11-26)25-19(22)18(16)15-7-3-5-12-4-1-2-6-14(12)15/h1-7,10,13,25H,8-9,11,23-24H2/b20-17-/t13-/m1/s1. The Bertz CT molecular complexity index is 980. The molecule has 2 aliphatic heterocycles. The number of nitrogens with zero attached hydrogens (tertiary/aromatic N) is 1. The Hall–Kier alpha value is -1.99. The van der Waals surface area contributed by atoms with Gasteiger partial charge < -0.3 is 16.0 Å². The summed E-state index contributed by atoms with van der Waals surface area (Å²) in [5.74, 6) is -0.483. The van der Waals surface area contributed by atoms with Crippen molar-refractivity contribution in [1.82, 2.24) is 10.2 Å². The lowest BCUT2D eigenvalue weighted by Crippen LogP contribution is -2.29. The van der Waals surface area contributed by atoms with E-state index in [1.54, 1.807) is 6.08 Å². The van der Waals surface area contributed by atoms with E-state index in [0.29, 0.717) is 22.8 Å². The minimum Gasteiger partial charge on any atom is -0.362 e. The van der Waals surface area contributed by atoms with E-state index in [9.17, 15) is 0 Å². The van der Waals surface area contributed by atoms with Crippen LogP contribution in [0.4, 0.5) is 4.39 Å². The summed E-state index contributed by atoms with van der Waals surface area (Å²) in [5, 5.41) is 11.8. The first kappa shape index (κ1) is 18.4. The molecule has 1 atom stereocenters. The molecule has 27 heavy (non-hydrogen) atoms. The molecule has 0 saturated carbocycles. The lowest BCUT2D eigenvalue weighted by molar-refractivity contribution is 0.441. The first-order chi connectivity index (χ1) is 13.1. The van der Waals surface area contributed by atoms with E-state index < -0.39 is 5.95 Å². The van der Waals surface area contributed by atoms with Gasteiger partial charge in [0.05, 0.1) is 16.3 Å². The van der Waals surface area contributed by atoms with Gasteiger partial charge in [0.1, 0.15) is 5.03 Å². The van der Waals surface area contributed by atoms with Crippen LogP contribution in [0.25, 0.3) is 16.3 Å². The molecule has 5 N–H and O–H groups in total. The zero-order chi connectivity index (χ0) is 19.0. The minimum absolute atomic E-state index is 0.0995. The minimum atomic E-state index is -0.483. The number of nitrogens with one attached hydrogen (secondary N) is 1. The van der Waals surface area contributed by atoms with Gasteiger partial charge in [-0.3, -0.25) is 5.14 Å². The Balaban J connectivity index is 1.76. The molecule has 0 radical (unpaired) electrons. The van der Waals surface area contributed by atoms with Crippen LogP contribution in [-0.2, 0) is 0 Å². The van der Waals surface area contributed by atoms with Crippen LogP contribution in [0.5, 0.6) is 0 Å². The molecule has 4 nitrogen and oxygen atoms in total. The lowest BCUT2D eigenvalue weighted by Gasteiger charge is -2.25. The Labute approximate surface area is 166 Å². The van der Waals surface area contributed by atoms with Crippen molar-refractivity contribution in [2.45, 2.75) is 12.5 Å². The number of rotatable bonds is 3. The maximum absolute atomic E-state index is 15.1. The predicted molar refractivity (Wildman–Crippen MR) is 112 cm³/mol. The molecule has 140 valence electrons. The van der Waals surface area contributed by atoms with Crippen LogP contribution in [0.2, 0.25) is 0 Å². The molecule has 0 unspecified atom stereocenters. The third kappa shape index (κ3) is 3.46. The maximum atomic E-state index is 15.1. The van der Waals surface area contributed by atoms with Crippen molar-refractivity contribution in [3.8, 4) is 0 Å². The largest absolute Gasteiger partial charge is 0.362 e. The van der Waals surface area contributed by atoms with Crippen molar-refractivity contribution >= 4 is 39.9 Å². The fourth-order valence-corrected chi connectivity index (χ4v) is 4.45. The van der Waals surface area contributed by atoms with Crippen LogP contribution in [0.1, 0.15) is 12.0 Å². The molecule has 2 aromatic carbocycles. The van der Waals surface area contributed by atoms with Crippen molar-refractivity contribution < 1.29 is 4.39 Å². The van der Waals surface area contributed by atoms with Crippen LogP contribution in [0.3, 0.4) is 0 Å². The highest BCUT2D eigenvalue weighted by atomic mass is 35.5. The molecule has 7 heteroatoms. The van der Waals surface area contributed by atoms with Crippen LogP contribution in [-0.4, -0.2) is 24.0 Å². The number of nitrogens with two attached hydrogens (primary N) is 2. The smallest absolute Gasteiger partial charge is 0.200 e. The van der Waals surface area contributed by atoms with Crippen molar-refractivity contribution in [3.05, 3.63) is 75.8 Å². The summed E-state index contributed by atoms with van der Waals surface area (Å²) in [5.41, 5.74) is 7.66. The Morgan fingerprint density at radius 3 is 2.70 bits per heavy atom. The Morgan fingerprint density at radius 2 is 2.00 bits per heavy atom. The molecule has 0 bridgehead atoms. The van der Waals surface area contributed by atoms with Crippen LogP contribution >= 0.6 is 23.5 Å². The summed E-state index contributed by atoms with van der Waals surface area (Å²) >= 11 is 7.61. The van der Waals surface area contributed by atoms with Gasteiger partial charge in [0.25, 0.3) is 0 Å². The molecule has 1 saturated heterocycles. The molecule has 0 spiro atoms. The second-order valence-corrected chi connectivity index (χ2v) is 7.69. The number of halogens is 2. The predicted octanol–water partition coefficient (Wildman–Crippen LogP) is 4.01. The third-order valence-corrected chi connectivity index (χ3v) is 5.89.